The number of nitrogens with one attached hydrogen (secondary N) is 1. The Morgan fingerprint density at radius 1 is 1.19 bits per heavy atom. The monoisotopic (exact) mass is 216 g/mol. The fourth-order valence-corrected chi connectivity index (χ4v) is 2.57. The fraction of sp³-hybridized carbons (Fsp3) is 0.462. The van der Waals surface area contributed by atoms with Gasteiger partial charge in [-0.3, -0.25) is 4.99 Å². The summed E-state index contributed by atoms with van der Waals surface area (Å²) in [7, 11) is 0. The highest BCUT2D eigenvalue weighted by molar-refractivity contribution is 6.00. The van der Waals surface area contributed by atoms with Gasteiger partial charge in [0, 0.05) is 5.56 Å². The van der Waals surface area contributed by atoms with Crippen LogP contribution in [0.5, 0.6) is 0 Å². The molecule has 1 heterocycles. The fourth-order valence-electron chi connectivity index (χ4n) is 2.57. The van der Waals surface area contributed by atoms with Gasteiger partial charge in [0.15, 0.2) is 0 Å². The number of aliphatic hydroxyl groups excluding tert-OH is 1. The van der Waals surface area contributed by atoms with E-state index in [0.29, 0.717) is 12.1 Å². The molecule has 2 aliphatic rings. The van der Waals surface area contributed by atoms with Crippen molar-refractivity contribution in [3.05, 3.63) is 35.9 Å². The molecule has 0 radical (unpaired) electrons. The molecule has 1 aliphatic heterocycles. The summed E-state index contributed by atoms with van der Waals surface area (Å²) in [4.78, 5) is 4.71. The highest BCUT2D eigenvalue weighted by Gasteiger charge is 2.34. The predicted octanol–water partition coefficient (Wildman–Crippen LogP) is 1.32. The molecule has 0 bridgehead atoms. The van der Waals surface area contributed by atoms with Crippen LogP contribution in [0, 0.1) is 0 Å². The van der Waals surface area contributed by atoms with E-state index in [-0.39, 0.29) is 6.10 Å². The van der Waals surface area contributed by atoms with Crippen molar-refractivity contribution in [3.8, 4) is 0 Å². The Kier molecular flexibility index (Phi) is 2.40. The second kappa shape index (κ2) is 3.91. The zero-order valence-electron chi connectivity index (χ0n) is 9.13. The van der Waals surface area contributed by atoms with Crippen LogP contribution in [0.25, 0.3) is 0 Å². The molecule has 1 aromatic carbocycles. The summed E-state index contributed by atoms with van der Waals surface area (Å²) in [6.07, 6.45) is 2.55. The molecule has 0 aromatic heterocycles. The van der Waals surface area contributed by atoms with E-state index in [1.54, 1.807) is 0 Å². The maximum atomic E-state index is 9.62. The van der Waals surface area contributed by atoms with Gasteiger partial charge in [-0.1, -0.05) is 30.3 Å². The lowest BCUT2D eigenvalue weighted by Crippen LogP contribution is -2.41. The molecule has 1 saturated carbocycles. The Labute approximate surface area is 95.2 Å². The lowest BCUT2D eigenvalue weighted by molar-refractivity contribution is 0.112. The summed E-state index contributed by atoms with van der Waals surface area (Å²) in [6.45, 7) is 0. The third-order valence-corrected chi connectivity index (χ3v) is 3.45. The minimum Gasteiger partial charge on any atom is -0.393 e. The maximum Gasteiger partial charge on any atom is 0.128 e. The van der Waals surface area contributed by atoms with Gasteiger partial charge in [0.25, 0.3) is 0 Å². The molecule has 0 spiro atoms. The standard InChI is InChI=1S/C13H16N2O/c16-10-6-7-11-12(8-10)15-13(14-11)9-4-2-1-3-5-9/h1-5,10-12,16H,6-8H2,(H,14,15). The van der Waals surface area contributed by atoms with E-state index in [4.69, 9.17) is 4.99 Å². The van der Waals surface area contributed by atoms with Crippen LogP contribution in [0.15, 0.2) is 35.3 Å². The summed E-state index contributed by atoms with van der Waals surface area (Å²) in [5, 5.41) is 13.1. The van der Waals surface area contributed by atoms with Crippen molar-refractivity contribution in [2.24, 2.45) is 4.99 Å². The first-order valence-corrected chi connectivity index (χ1v) is 5.91. The molecular weight excluding hydrogens is 200 g/mol. The topological polar surface area (TPSA) is 44.6 Å². The Morgan fingerprint density at radius 2 is 2.00 bits per heavy atom. The molecule has 1 fully saturated rings. The Balaban J connectivity index is 1.80. The average Bonchev–Trinajstić information content (AvgIpc) is 2.73. The van der Waals surface area contributed by atoms with E-state index >= 15 is 0 Å². The zero-order valence-corrected chi connectivity index (χ0v) is 9.13. The minimum atomic E-state index is -0.154. The number of benzene rings is 1. The van der Waals surface area contributed by atoms with Crippen LogP contribution in [0.4, 0.5) is 0 Å². The number of rotatable bonds is 1. The predicted molar refractivity (Wildman–Crippen MR) is 63.5 cm³/mol. The largest absolute Gasteiger partial charge is 0.393 e. The molecule has 1 aliphatic carbocycles. The van der Waals surface area contributed by atoms with Crippen molar-refractivity contribution >= 4 is 5.84 Å². The minimum absolute atomic E-state index is 0.154. The van der Waals surface area contributed by atoms with Crippen molar-refractivity contribution in [1.82, 2.24) is 5.32 Å². The van der Waals surface area contributed by atoms with Crippen LogP contribution < -0.4 is 5.32 Å². The smallest absolute Gasteiger partial charge is 0.128 e. The van der Waals surface area contributed by atoms with Gasteiger partial charge in [0.2, 0.25) is 0 Å². The molecule has 3 rings (SSSR count). The number of aliphatic imine (C=N–C) groups is 1. The molecule has 3 heteroatoms. The SMILES string of the molecule is OC1CCC2N=C(c3ccccc3)NC2C1. The second-order valence-corrected chi connectivity index (χ2v) is 4.63. The van der Waals surface area contributed by atoms with E-state index < -0.39 is 0 Å². The lowest BCUT2D eigenvalue weighted by atomic mass is 9.90. The third kappa shape index (κ3) is 1.71. The molecule has 3 atom stereocenters. The van der Waals surface area contributed by atoms with Gasteiger partial charge >= 0.3 is 0 Å². The van der Waals surface area contributed by atoms with Gasteiger partial charge < -0.3 is 10.4 Å². The first-order valence-electron chi connectivity index (χ1n) is 5.91. The van der Waals surface area contributed by atoms with Crippen LogP contribution in [0.1, 0.15) is 24.8 Å². The summed E-state index contributed by atoms with van der Waals surface area (Å²) >= 11 is 0. The summed E-state index contributed by atoms with van der Waals surface area (Å²) in [5.74, 6) is 0.990. The van der Waals surface area contributed by atoms with Crippen molar-refractivity contribution in [2.45, 2.75) is 37.5 Å². The molecule has 16 heavy (non-hydrogen) atoms. The second-order valence-electron chi connectivity index (χ2n) is 4.63. The molecule has 0 amide bonds. The summed E-state index contributed by atoms with van der Waals surface area (Å²) in [6, 6.07) is 10.9. The molecule has 3 nitrogen and oxygen atoms in total. The highest BCUT2D eigenvalue weighted by Crippen LogP contribution is 2.26. The summed E-state index contributed by atoms with van der Waals surface area (Å²) < 4.78 is 0. The van der Waals surface area contributed by atoms with Crippen LogP contribution >= 0.6 is 0 Å². The highest BCUT2D eigenvalue weighted by atomic mass is 16.3. The van der Waals surface area contributed by atoms with Gasteiger partial charge in [-0.05, 0) is 19.3 Å². The normalized spacial score (nSPS) is 32.8. The molecule has 2 N–H and O–H groups in total. The molecule has 84 valence electrons. The van der Waals surface area contributed by atoms with E-state index in [9.17, 15) is 5.11 Å². The van der Waals surface area contributed by atoms with E-state index in [2.05, 4.69) is 17.4 Å². The van der Waals surface area contributed by atoms with Crippen LogP contribution in [0.2, 0.25) is 0 Å². The average molecular weight is 216 g/mol. The molecule has 0 saturated heterocycles. The first kappa shape index (κ1) is 9.85. The number of aliphatic hydroxyl groups is 1. The van der Waals surface area contributed by atoms with Crippen LogP contribution in [-0.2, 0) is 0 Å². The molecule has 3 unspecified atom stereocenters. The summed E-state index contributed by atoms with van der Waals surface area (Å²) in [5.41, 5.74) is 1.14. The van der Waals surface area contributed by atoms with Crippen LogP contribution in [0.3, 0.4) is 0 Å². The van der Waals surface area contributed by atoms with Crippen molar-refractivity contribution < 1.29 is 5.11 Å². The van der Waals surface area contributed by atoms with Crippen molar-refractivity contribution in [3.63, 3.8) is 0 Å². The number of fused-ring (bicyclic) bond motifs is 1. The number of amidine groups is 1. The van der Waals surface area contributed by atoms with E-state index in [1.165, 1.54) is 0 Å². The van der Waals surface area contributed by atoms with Gasteiger partial charge in [-0.15, -0.1) is 0 Å². The van der Waals surface area contributed by atoms with Crippen molar-refractivity contribution in [1.29, 1.82) is 0 Å². The van der Waals surface area contributed by atoms with Crippen LogP contribution in [-0.4, -0.2) is 29.1 Å². The third-order valence-electron chi connectivity index (χ3n) is 3.45. The zero-order chi connectivity index (χ0) is 11.0. The van der Waals surface area contributed by atoms with Gasteiger partial charge in [-0.25, -0.2) is 0 Å². The lowest BCUT2D eigenvalue weighted by Gasteiger charge is -2.27. The van der Waals surface area contributed by atoms with Gasteiger partial charge in [-0.2, -0.15) is 0 Å². The maximum absolute atomic E-state index is 9.62. The number of hydrogen-bond donors (Lipinski definition) is 2. The van der Waals surface area contributed by atoms with Gasteiger partial charge in [0.1, 0.15) is 5.84 Å². The Bertz CT molecular complexity index is 402. The van der Waals surface area contributed by atoms with Gasteiger partial charge in [0.05, 0.1) is 18.2 Å². The Hall–Kier alpha value is -1.35. The van der Waals surface area contributed by atoms with E-state index in [1.807, 2.05) is 18.2 Å². The molecular formula is C13H16N2O. The number of nitrogens with zero attached hydrogens (tertiary/aromatic N) is 1. The number of hydrogen-bond acceptors (Lipinski definition) is 3. The molecule has 1 aromatic rings. The Morgan fingerprint density at radius 3 is 2.81 bits per heavy atom. The van der Waals surface area contributed by atoms with Crippen molar-refractivity contribution in [2.75, 3.05) is 0 Å². The van der Waals surface area contributed by atoms with E-state index in [0.717, 1.165) is 30.7 Å². The first-order chi connectivity index (χ1) is 7.83. The quantitative estimate of drug-likeness (QED) is 0.743.